The summed E-state index contributed by atoms with van der Waals surface area (Å²) in [5.41, 5.74) is 1.89. The number of nitrogens with zero attached hydrogens (tertiary/aromatic N) is 3. The molecular formula is C25H32ClN5O4. The quantitative estimate of drug-likeness (QED) is 0.371. The predicted octanol–water partition coefficient (Wildman–Crippen LogP) is 2.08. The molecule has 2 heterocycles. The van der Waals surface area contributed by atoms with Crippen LogP contribution in [0.3, 0.4) is 0 Å². The van der Waals surface area contributed by atoms with Crippen molar-refractivity contribution >= 4 is 29.3 Å². The topological polar surface area (TPSA) is 131 Å². The molecule has 188 valence electrons. The van der Waals surface area contributed by atoms with Gasteiger partial charge < -0.3 is 30.9 Å². The molecule has 0 radical (unpaired) electrons. The standard InChI is InChI=1S/C25H32ClN5O4/c26-21-7-14(1-2-15(21)12-32)9-27-23-20(24(35)29-17-3-5-18(34)6-4-17)10-28-25(30-23)31-11-16-8-19(16)22(31)13-33/h1-2,7,10,16-19,22,32-34H,3-6,8-9,11-13H2,(H,29,35)(H,27,28,30). The van der Waals surface area contributed by atoms with Gasteiger partial charge in [-0.25, -0.2) is 4.98 Å². The van der Waals surface area contributed by atoms with E-state index in [1.165, 1.54) is 0 Å². The van der Waals surface area contributed by atoms with Crippen LogP contribution in [0.1, 0.15) is 53.6 Å². The van der Waals surface area contributed by atoms with E-state index in [0.717, 1.165) is 31.4 Å². The Morgan fingerprint density at radius 1 is 1.20 bits per heavy atom. The van der Waals surface area contributed by atoms with Gasteiger partial charge in [-0.3, -0.25) is 4.79 Å². The Hall–Kier alpha value is -2.46. The Labute approximate surface area is 209 Å². The van der Waals surface area contributed by atoms with E-state index in [0.29, 0.717) is 59.1 Å². The molecule has 2 saturated carbocycles. The van der Waals surface area contributed by atoms with Crippen LogP contribution in [0.4, 0.5) is 11.8 Å². The van der Waals surface area contributed by atoms with Crippen molar-refractivity contribution in [1.82, 2.24) is 15.3 Å². The second-order valence-corrected chi connectivity index (χ2v) is 10.3. The highest BCUT2D eigenvalue weighted by Gasteiger charge is 2.53. The van der Waals surface area contributed by atoms with Crippen molar-refractivity contribution in [2.24, 2.45) is 11.8 Å². The number of hydrogen-bond donors (Lipinski definition) is 5. The first-order valence-electron chi connectivity index (χ1n) is 12.3. The van der Waals surface area contributed by atoms with Gasteiger partial charge in [-0.2, -0.15) is 4.98 Å². The molecule has 2 aromatic rings. The van der Waals surface area contributed by atoms with Gasteiger partial charge in [0.05, 0.1) is 25.4 Å². The van der Waals surface area contributed by atoms with E-state index in [4.69, 9.17) is 16.6 Å². The lowest BCUT2D eigenvalue weighted by molar-refractivity contribution is 0.0867. The van der Waals surface area contributed by atoms with Gasteiger partial charge in [0.15, 0.2) is 0 Å². The number of rotatable bonds is 8. The Morgan fingerprint density at radius 2 is 2.00 bits per heavy atom. The minimum absolute atomic E-state index is 0.00558. The lowest BCUT2D eigenvalue weighted by Gasteiger charge is -2.28. The van der Waals surface area contributed by atoms with Crippen LogP contribution in [0.5, 0.6) is 0 Å². The normalized spacial score (nSPS) is 27.4. The number of benzene rings is 1. The second-order valence-electron chi connectivity index (χ2n) is 9.91. The predicted molar refractivity (Wildman–Crippen MR) is 132 cm³/mol. The highest BCUT2D eigenvalue weighted by Crippen LogP contribution is 2.50. The molecule has 1 amide bonds. The van der Waals surface area contributed by atoms with Crippen molar-refractivity contribution < 1.29 is 20.1 Å². The molecule has 5 rings (SSSR count). The third-order valence-corrected chi connectivity index (χ3v) is 7.90. The SMILES string of the molecule is O=C(NC1CCC(O)CC1)c1cnc(N2CC3CC3C2CO)nc1NCc1ccc(CO)c(Cl)c1. The molecule has 1 aliphatic heterocycles. The first-order valence-corrected chi connectivity index (χ1v) is 12.7. The average molecular weight is 502 g/mol. The van der Waals surface area contributed by atoms with Crippen molar-refractivity contribution in [2.45, 2.75) is 63.4 Å². The molecule has 9 nitrogen and oxygen atoms in total. The first kappa shape index (κ1) is 24.2. The Bertz CT molecular complexity index is 1080. The van der Waals surface area contributed by atoms with Crippen LogP contribution >= 0.6 is 11.6 Å². The number of aliphatic hydroxyl groups excluding tert-OH is 3. The number of piperidine rings is 1. The van der Waals surface area contributed by atoms with Gasteiger partial charge in [0, 0.05) is 30.4 Å². The van der Waals surface area contributed by atoms with Gasteiger partial charge in [-0.1, -0.05) is 23.7 Å². The molecule has 0 bridgehead atoms. The van der Waals surface area contributed by atoms with Crippen LogP contribution in [-0.2, 0) is 13.2 Å². The molecule has 3 aliphatic rings. The molecule has 3 unspecified atom stereocenters. The molecule has 3 atom stereocenters. The Balaban J connectivity index is 1.37. The number of nitrogens with one attached hydrogen (secondary N) is 2. The summed E-state index contributed by atoms with van der Waals surface area (Å²) >= 11 is 6.25. The van der Waals surface area contributed by atoms with Crippen LogP contribution in [0.2, 0.25) is 5.02 Å². The van der Waals surface area contributed by atoms with Crippen molar-refractivity contribution in [3.8, 4) is 0 Å². The summed E-state index contributed by atoms with van der Waals surface area (Å²) in [6.45, 7) is 1.11. The maximum absolute atomic E-state index is 13.2. The van der Waals surface area contributed by atoms with Crippen molar-refractivity contribution in [1.29, 1.82) is 0 Å². The fraction of sp³-hybridized carbons (Fsp3) is 0.560. The molecule has 0 spiro atoms. The third kappa shape index (κ3) is 5.23. The van der Waals surface area contributed by atoms with Crippen molar-refractivity contribution in [3.05, 3.63) is 46.1 Å². The summed E-state index contributed by atoms with van der Waals surface area (Å²) in [6, 6.07) is 5.44. The summed E-state index contributed by atoms with van der Waals surface area (Å²) in [4.78, 5) is 24.5. The average Bonchev–Trinajstić information content (AvgIpc) is 3.54. The number of carbonyl (C=O) groups excluding carboxylic acids is 1. The second kappa shape index (κ2) is 10.3. The van der Waals surface area contributed by atoms with Crippen LogP contribution in [-0.4, -0.2) is 62.5 Å². The van der Waals surface area contributed by atoms with Crippen molar-refractivity contribution in [2.75, 3.05) is 23.4 Å². The summed E-state index contributed by atoms with van der Waals surface area (Å²) in [6.07, 6.45) is 5.22. The molecule has 10 heteroatoms. The number of anilines is 2. The molecular weight excluding hydrogens is 470 g/mol. The van der Waals surface area contributed by atoms with Gasteiger partial charge in [-0.05, 0) is 61.1 Å². The van der Waals surface area contributed by atoms with Crippen molar-refractivity contribution in [3.63, 3.8) is 0 Å². The number of hydrogen-bond acceptors (Lipinski definition) is 8. The lowest BCUT2D eigenvalue weighted by atomic mass is 9.93. The van der Waals surface area contributed by atoms with Crippen LogP contribution < -0.4 is 15.5 Å². The highest BCUT2D eigenvalue weighted by molar-refractivity contribution is 6.31. The number of amides is 1. The monoisotopic (exact) mass is 501 g/mol. The molecule has 1 aromatic carbocycles. The fourth-order valence-corrected chi connectivity index (χ4v) is 5.61. The van der Waals surface area contributed by atoms with E-state index in [1.54, 1.807) is 18.3 Å². The molecule has 1 aromatic heterocycles. The van der Waals surface area contributed by atoms with E-state index in [2.05, 4.69) is 15.6 Å². The minimum atomic E-state index is -0.293. The van der Waals surface area contributed by atoms with E-state index in [9.17, 15) is 20.1 Å². The molecule has 3 fully saturated rings. The Kier molecular flexibility index (Phi) is 7.11. The maximum Gasteiger partial charge on any atom is 0.256 e. The summed E-state index contributed by atoms with van der Waals surface area (Å²) in [5.74, 6) is 1.73. The number of carbonyl (C=O) groups is 1. The number of aromatic nitrogens is 2. The molecule has 1 saturated heterocycles. The van der Waals surface area contributed by atoms with Crippen LogP contribution in [0, 0.1) is 11.8 Å². The molecule has 2 aliphatic carbocycles. The van der Waals surface area contributed by atoms with Gasteiger partial charge in [0.25, 0.3) is 5.91 Å². The van der Waals surface area contributed by atoms with E-state index < -0.39 is 0 Å². The fourth-order valence-electron chi connectivity index (χ4n) is 5.35. The molecule has 5 N–H and O–H groups in total. The van der Waals surface area contributed by atoms with E-state index in [1.807, 2.05) is 11.0 Å². The number of aliphatic hydroxyl groups is 3. The zero-order chi connectivity index (χ0) is 24.5. The van der Waals surface area contributed by atoms with E-state index in [-0.39, 0.29) is 37.3 Å². The lowest BCUT2D eigenvalue weighted by Crippen LogP contribution is -2.39. The largest absolute Gasteiger partial charge is 0.394 e. The Morgan fingerprint density at radius 3 is 2.71 bits per heavy atom. The maximum atomic E-state index is 13.2. The van der Waals surface area contributed by atoms with E-state index >= 15 is 0 Å². The summed E-state index contributed by atoms with van der Waals surface area (Å²) < 4.78 is 0. The zero-order valence-corrected chi connectivity index (χ0v) is 20.3. The van der Waals surface area contributed by atoms with Crippen LogP contribution in [0.15, 0.2) is 24.4 Å². The summed E-state index contributed by atoms with van der Waals surface area (Å²) in [7, 11) is 0. The summed E-state index contributed by atoms with van der Waals surface area (Å²) in [5, 5.41) is 35.9. The first-order chi connectivity index (χ1) is 17.0. The highest BCUT2D eigenvalue weighted by atomic mass is 35.5. The smallest absolute Gasteiger partial charge is 0.256 e. The molecule has 35 heavy (non-hydrogen) atoms. The van der Waals surface area contributed by atoms with Gasteiger partial charge in [0.1, 0.15) is 11.4 Å². The van der Waals surface area contributed by atoms with Gasteiger partial charge in [-0.15, -0.1) is 0 Å². The van der Waals surface area contributed by atoms with Gasteiger partial charge in [0.2, 0.25) is 5.95 Å². The number of fused-ring (bicyclic) bond motifs is 1. The number of halogens is 1. The minimum Gasteiger partial charge on any atom is -0.394 e. The zero-order valence-electron chi connectivity index (χ0n) is 19.5. The van der Waals surface area contributed by atoms with Crippen LogP contribution in [0.25, 0.3) is 0 Å². The van der Waals surface area contributed by atoms with Gasteiger partial charge >= 0.3 is 0 Å². The third-order valence-electron chi connectivity index (χ3n) is 7.55.